The quantitative estimate of drug-likeness (QED) is 0.918. The molecule has 0 heterocycles. The summed E-state index contributed by atoms with van der Waals surface area (Å²) in [4.78, 5) is 0. The first kappa shape index (κ1) is 13.6. The van der Waals surface area contributed by atoms with Crippen molar-refractivity contribution in [2.45, 2.75) is 50.6 Å². The van der Waals surface area contributed by atoms with Gasteiger partial charge in [0.1, 0.15) is 5.54 Å². The van der Waals surface area contributed by atoms with Crippen LogP contribution in [0.3, 0.4) is 0 Å². The number of benzene rings is 1. The molecule has 2 rings (SSSR count). The standard InChI is InChI=1S/C15H19BrN2/c1-15(11-17,18-14-4-2-3-5-14)10-12-6-8-13(16)9-7-12/h6-9,14,18H,2-5,10H2,1H3. The molecular formula is C15H19BrN2. The van der Waals surface area contributed by atoms with Crippen molar-refractivity contribution in [3.05, 3.63) is 34.3 Å². The van der Waals surface area contributed by atoms with Gasteiger partial charge in [-0.3, -0.25) is 5.32 Å². The fraction of sp³-hybridized carbons (Fsp3) is 0.533. The molecule has 1 aromatic rings. The summed E-state index contributed by atoms with van der Waals surface area (Å²) < 4.78 is 1.08. The fourth-order valence-corrected chi connectivity index (χ4v) is 2.92. The fourth-order valence-electron chi connectivity index (χ4n) is 2.65. The van der Waals surface area contributed by atoms with Crippen LogP contribution in [0, 0.1) is 11.3 Å². The van der Waals surface area contributed by atoms with E-state index in [0.717, 1.165) is 10.9 Å². The first-order valence-electron chi connectivity index (χ1n) is 6.55. The van der Waals surface area contributed by atoms with Gasteiger partial charge in [-0.05, 0) is 37.5 Å². The molecule has 1 fully saturated rings. The zero-order valence-electron chi connectivity index (χ0n) is 10.7. The Bertz CT molecular complexity index is 429. The number of hydrogen-bond donors (Lipinski definition) is 1. The summed E-state index contributed by atoms with van der Waals surface area (Å²) >= 11 is 3.43. The zero-order valence-corrected chi connectivity index (χ0v) is 12.3. The molecule has 1 atom stereocenters. The van der Waals surface area contributed by atoms with Crippen LogP contribution in [0.15, 0.2) is 28.7 Å². The van der Waals surface area contributed by atoms with E-state index in [0.29, 0.717) is 6.04 Å². The Morgan fingerprint density at radius 3 is 2.50 bits per heavy atom. The van der Waals surface area contributed by atoms with Gasteiger partial charge in [0.2, 0.25) is 0 Å². The molecule has 3 heteroatoms. The lowest BCUT2D eigenvalue weighted by atomic mass is 9.93. The number of nitrogens with one attached hydrogen (secondary N) is 1. The highest BCUT2D eigenvalue weighted by Crippen LogP contribution is 2.22. The molecule has 0 radical (unpaired) electrons. The van der Waals surface area contributed by atoms with Gasteiger partial charge in [-0.25, -0.2) is 0 Å². The summed E-state index contributed by atoms with van der Waals surface area (Å²) in [5.41, 5.74) is 0.746. The van der Waals surface area contributed by atoms with E-state index >= 15 is 0 Å². The minimum absolute atomic E-state index is 0.456. The second kappa shape index (κ2) is 5.86. The Balaban J connectivity index is 2.02. The van der Waals surface area contributed by atoms with Gasteiger partial charge in [-0.15, -0.1) is 0 Å². The third-order valence-electron chi connectivity index (χ3n) is 3.60. The van der Waals surface area contributed by atoms with E-state index in [1.807, 2.05) is 19.1 Å². The lowest BCUT2D eigenvalue weighted by Crippen LogP contribution is -2.47. The van der Waals surface area contributed by atoms with Crippen LogP contribution in [0.25, 0.3) is 0 Å². The third-order valence-corrected chi connectivity index (χ3v) is 4.12. The smallest absolute Gasteiger partial charge is 0.108 e. The van der Waals surface area contributed by atoms with Crippen LogP contribution in [0.4, 0.5) is 0 Å². The highest BCUT2D eigenvalue weighted by atomic mass is 79.9. The van der Waals surface area contributed by atoms with Crippen molar-refractivity contribution in [2.24, 2.45) is 0 Å². The summed E-state index contributed by atoms with van der Waals surface area (Å²) in [5.74, 6) is 0. The maximum Gasteiger partial charge on any atom is 0.108 e. The van der Waals surface area contributed by atoms with E-state index in [-0.39, 0.29) is 0 Å². The highest BCUT2D eigenvalue weighted by Gasteiger charge is 2.28. The molecule has 1 saturated carbocycles. The van der Waals surface area contributed by atoms with E-state index in [1.54, 1.807) is 0 Å². The maximum atomic E-state index is 9.44. The minimum Gasteiger partial charge on any atom is -0.297 e. The second-order valence-corrected chi connectivity index (χ2v) is 6.29. The molecule has 2 nitrogen and oxygen atoms in total. The average Bonchev–Trinajstić information content (AvgIpc) is 2.85. The molecule has 0 spiro atoms. The van der Waals surface area contributed by atoms with Gasteiger partial charge in [0, 0.05) is 16.9 Å². The Kier molecular flexibility index (Phi) is 4.42. The molecule has 0 saturated heterocycles. The normalized spacial score (nSPS) is 19.4. The van der Waals surface area contributed by atoms with Crippen molar-refractivity contribution >= 4 is 15.9 Å². The van der Waals surface area contributed by atoms with Crippen LogP contribution in [0.5, 0.6) is 0 Å². The summed E-state index contributed by atoms with van der Waals surface area (Å²) in [7, 11) is 0. The lowest BCUT2D eigenvalue weighted by Gasteiger charge is -2.27. The Morgan fingerprint density at radius 2 is 1.94 bits per heavy atom. The Labute approximate surface area is 118 Å². The summed E-state index contributed by atoms with van der Waals surface area (Å²) in [6.07, 6.45) is 5.75. The summed E-state index contributed by atoms with van der Waals surface area (Å²) in [6.45, 7) is 2.01. The molecule has 0 aliphatic heterocycles. The molecule has 18 heavy (non-hydrogen) atoms. The van der Waals surface area contributed by atoms with Gasteiger partial charge in [0.15, 0.2) is 0 Å². The molecular weight excluding hydrogens is 288 g/mol. The third kappa shape index (κ3) is 3.57. The van der Waals surface area contributed by atoms with Gasteiger partial charge in [-0.2, -0.15) is 5.26 Å². The molecule has 0 amide bonds. The first-order chi connectivity index (χ1) is 8.61. The van der Waals surface area contributed by atoms with E-state index in [9.17, 15) is 5.26 Å². The molecule has 1 aromatic carbocycles. The SMILES string of the molecule is CC(C#N)(Cc1ccc(Br)cc1)NC1CCCC1. The van der Waals surface area contributed by atoms with Crippen LogP contribution >= 0.6 is 15.9 Å². The van der Waals surface area contributed by atoms with E-state index < -0.39 is 5.54 Å². The molecule has 1 N–H and O–H groups in total. The minimum atomic E-state index is -0.456. The lowest BCUT2D eigenvalue weighted by molar-refractivity contribution is 0.377. The van der Waals surface area contributed by atoms with Crippen molar-refractivity contribution in [3.63, 3.8) is 0 Å². The average molecular weight is 307 g/mol. The van der Waals surface area contributed by atoms with Gasteiger partial charge >= 0.3 is 0 Å². The van der Waals surface area contributed by atoms with Gasteiger partial charge < -0.3 is 0 Å². The van der Waals surface area contributed by atoms with Gasteiger partial charge in [-0.1, -0.05) is 40.9 Å². The van der Waals surface area contributed by atoms with Crippen molar-refractivity contribution in [3.8, 4) is 6.07 Å². The van der Waals surface area contributed by atoms with Gasteiger partial charge in [0.05, 0.1) is 6.07 Å². The van der Waals surface area contributed by atoms with Crippen LogP contribution < -0.4 is 5.32 Å². The van der Waals surface area contributed by atoms with E-state index in [1.165, 1.54) is 31.2 Å². The van der Waals surface area contributed by atoms with Crippen molar-refractivity contribution in [1.29, 1.82) is 5.26 Å². The Morgan fingerprint density at radius 1 is 1.33 bits per heavy atom. The van der Waals surface area contributed by atoms with Gasteiger partial charge in [0.25, 0.3) is 0 Å². The largest absolute Gasteiger partial charge is 0.297 e. The van der Waals surface area contributed by atoms with Crippen LogP contribution in [0.1, 0.15) is 38.2 Å². The molecule has 0 bridgehead atoms. The number of hydrogen-bond acceptors (Lipinski definition) is 2. The van der Waals surface area contributed by atoms with E-state index in [2.05, 4.69) is 39.4 Å². The van der Waals surface area contributed by atoms with Crippen LogP contribution in [-0.2, 0) is 6.42 Å². The van der Waals surface area contributed by atoms with E-state index in [4.69, 9.17) is 0 Å². The molecule has 0 aromatic heterocycles. The van der Waals surface area contributed by atoms with Crippen molar-refractivity contribution in [1.82, 2.24) is 5.32 Å². The maximum absolute atomic E-state index is 9.44. The highest BCUT2D eigenvalue weighted by molar-refractivity contribution is 9.10. The van der Waals surface area contributed by atoms with Crippen LogP contribution in [0.2, 0.25) is 0 Å². The van der Waals surface area contributed by atoms with Crippen molar-refractivity contribution in [2.75, 3.05) is 0 Å². The molecule has 1 aliphatic carbocycles. The zero-order chi connectivity index (χ0) is 13.0. The molecule has 96 valence electrons. The monoisotopic (exact) mass is 306 g/mol. The predicted octanol–water partition coefficient (Wildman–Crippen LogP) is 3.81. The van der Waals surface area contributed by atoms with Crippen LogP contribution in [-0.4, -0.2) is 11.6 Å². The molecule has 1 unspecified atom stereocenters. The predicted molar refractivity (Wildman–Crippen MR) is 77.3 cm³/mol. The first-order valence-corrected chi connectivity index (χ1v) is 7.34. The number of nitrogens with zero attached hydrogens (tertiary/aromatic N) is 1. The van der Waals surface area contributed by atoms with Crippen molar-refractivity contribution < 1.29 is 0 Å². The number of halogens is 1. The molecule has 1 aliphatic rings. The second-order valence-electron chi connectivity index (χ2n) is 5.37. The Hall–Kier alpha value is -0.850. The number of nitriles is 1. The summed E-state index contributed by atoms with van der Waals surface area (Å²) in [6, 6.07) is 11.2. The summed E-state index contributed by atoms with van der Waals surface area (Å²) in [5, 5.41) is 13.0. The number of rotatable bonds is 4. The topological polar surface area (TPSA) is 35.8 Å².